The van der Waals surface area contributed by atoms with Gasteiger partial charge in [-0.25, -0.2) is 5.43 Å². The highest BCUT2D eigenvalue weighted by atomic mass is 16.5. The lowest BCUT2D eigenvalue weighted by Crippen LogP contribution is -2.18. The number of amides is 1. The van der Waals surface area contributed by atoms with E-state index in [2.05, 4.69) is 20.7 Å². The van der Waals surface area contributed by atoms with Crippen LogP contribution in [0.2, 0.25) is 0 Å². The Morgan fingerprint density at radius 2 is 1.80 bits per heavy atom. The number of aromatic nitrogens is 2. The van der Waals surface area contributed by atoms with Crippen LogP contribution in [0.5, 0.6) is 11.5 Å². The van der Waals surface area contributed by atoms with Crippen molar-refractivity contribution < 1.29 is 14.3 Å². The molecule has 0 fully saturated rings. The van der Waals surface area contributed by atoms with Crippen molar-refractivity contribution in [2.45, 2.75) is 6.61 Å². The minimum absolute atomic E-state index is 0.295. The molecule has 8 nitrogen and oxygen atoms in total. The predicted octanol–water partition coefficient (Wildman–Crippen LogP) is 4.49. The van der Waals surface area contributed by atoms with Gasteiger partial charge in [0.1, 0.15) is 12.3 Å². The predicted molar refractivity (Wildman–Crippen MR) is 137 cm³/mol. The number of carbonyl (C=O) groups excluding carboxylic acids is 1. The van der Waals surface area contributed by atoms with Crippen molar-refractivity contribution in [3.05, 3.63) is 95.7 Å². The largest absolute Gasteiger partial charge is 0.493 e. The summed E-state index contributed by atoms with van der Waals surface area (Å²) in [5.74, 6) is 0.818. The van der Waals surface area contributed by atoms with Gasteiger partial charge in [0.05, 0.1) is 19.0 Å². The van der Waals surface area contributed by atoms with E-state index in [0.29, 0.717) is 29.5 Å². The van der Waals surface area contributed by atoms with Crippen LogP contribution in [0, 0.1) is 0 Å². The van der Waals surface area contributed by atoms with Gasteiger partial charge in [-0.1, -0.05) is 42.5 Å². The number of rotatable bonds is 9. The highest BCUT2D eigenvalue weighted by molar-refractivity contribution is 5.94. The Morgan fingerprint density at radius 3 is 2.51 bits per heavy atom. The van der Waals surface area contributed by atoms with E-state index in [4.69, 9.17) is 9.47 Å². The van der Waals surface area contributed by atoms with Crippen LogP contribution in [0.4, 0.5) is 5.69 Å². The third kappa shape index (κ3) is 6.05. The number of nitrogens with zero attached hydrogens (tertiary/aromatic N) is 3. The molecule has 0 unspecified atom stereocenters. The molecule has 4 rings (SSSR count). The number of anilines is 1. The molecule has 0 saturated carbocycles. The molecule has 0 aliphatic carbocycles. The van der Waals surface area contributed by atoms with Crippen LogP contribution in [0.25, 0.3) is 11.3 Å². The molecule has 1 amide bonds. The Labute approximate surface area is 204 Å². The molecule has 1 aromatic heterocycles. The summed E-state index contributed by atoms with van der Waals surface area (Å²) in [5, 5.41) is 11.1. The Balaban J connectivity index is 1.39. The summed E-state index contributed by atoms with van der Waals surface area (Å²) in [4.78, 5) is 14.5. The number of hydrogen-bond acceptors (Lipinski definition) is 6. The van der Waals surface area contributed by atoms with E-state index >= 15 is 0 Å². The quantitative estimate of drug-likeness (QED) is 0.278. The fourth-order valence-corrected chi connectivity index (χ4v) is 3.35. The maximum absolute atomic E-state index is 12.5. The van der Waals surface area contributed by atoms with Crippen LogP contribution in [-0.2, 0) is 6.61 Å². The fourth-order valence-electron chi connectivity index (χ4n) is 3.35. The van der Waals surface area contributed by atoms with Crippen LogP contribution < -0.4 is 19.8 Å². The zero-order valence-electron chi connectivity index (χ0n) is 19.9. The Bertz CT molecular complexity index is 1300. The minimum Gasteiger partial charge on any atom is -0.493 e. The lowest BCUT2D eigenvalue weighted by molar-refractivity contribution is 0.0950. The second kappa shape index (κ2) is 11.0. The summed E-state index contributed by atoms with van der Waals surface area (Å²) < 4.78 is 11.4. The standard InChI is InChI=1S/C27H27N5O3/c1-32(2)22-12-9-19(10-13-22)17-28-31-27(33)24-16-23(29-30-24)21-11-14-25(26(15-21)34-3)35-18-20-7-5-4-6-8-20/h4-17H,18H2,1-3H3,(H,29,30)(H,31,33)/b28-17+. The first-order chi connectivity index (χ1) is 17.0. The number of methoxy groups -OCH3 is 1. The molecule has 8 heteroatoms. The van der Waals surface area contributed by atoms with Crippen molar-refractivity contribution in [1.82, 2.24) is 15.6 Å². The molecule has 0 atom stereocenters. The van der Waals surface area contributed by atoms with Crippen molar-refractivity contribution in [3.63, 3.8) is 0 Å². The summed E-state index contributed by atoms with van der Waals surface area (Å²) in [5.41, 5.74) is 7.23. The molecule has 1 heterocycles. The number of H-pyrrole nitrogens is 1. The number of benzene rings is 3. The lowest BCUT2D eigenvalue weighted by Gasteiger charge is -2.11. The Hall–Kier alpha value is -4.59. The third-order valence-electron chi connectivity index (χ3n) is 5.31. The second-order valence-corrected chi connectivity index (χ2v) is 7.99. The van der Waals surface area contributed by atoms with Crippen molar-refractivity contribution in [1.29, 1.82) is 0 Å². The van der Waals surface area contributed by atoms with Crippen molar-refractivity contribution >= 4 is 17.8 Å². The average Bonchev–Trinajstić information content (AvgIpc) is 3.39. The maximum Gasteiger partial charge on any atom is 0.289 e. The van der Waals surface area contributed by atoms with Gasteiger partial charge >= 0.3 is 0 Å². The van der Waals surface area contributed by atoms with Gasteiger partial charge in [-0.15, -0.1) is 0 Å². The SMILES string of the molecule is COc1cc(-c2cc(C(=O)N/N=C/c3ccc(N(C)C)cc3)[nH]n2)ccc1OCc1ccccc1. The third-order valence-corrected chi connectivity index (χ3v) is 5.31. The van der Waals surface area contributed by atoms with Gasteiger partial charge in [-0.2, -0.15) is 10.2 Å². The molecule has 0 aliphatic heterocycles. The number of ether oxygens (including phenoxy) is 2. The van der Waals surface area contributed by atoms with E-state index < -0.39 is 0 Å². The van der Waals surface area contributed by atoms with Gasteiger partial charge in [0.2, 0.25) is 0 Å². The van der Waals surface area contributed by atoms with E-state index in [1.54, 1.807) is 19.4 Å². The Kier molecular flexibility index (Phi) is 7.42. The van der Waals surface area contributed by atoms with Gasteiger partial charge in [0, 0.05) is 25.3 Å². The molecular formula is C27H27N5O3. The van der Waals surface area contributed by atoms with Gasteiger partial charge < -0.3 is 14.4 Å². The number of hydrogen-bond donors (Lipinski definition) is 2. The van der Waals surface area contributed by atoms with Crippen LogP contribution in [0.3, 0.4) is 0 Å². The monoisotopic (exact) mass is 469 g/mol. The zero-order chi connectivity index (χ0) is 24.6. The normalized spacial score (nSPS) is 10.8. The molecule has 35 heavy (non-hydrogen) atoms. The second-order valence-electron chi connectivity index (χ2n) is 7.99. The van der Waals surface area contributed by atoms with Crippen LogP contribution in [0.1, 0.15) is 21.6 Å². The van der Waals surface area contributed by atoms with E-state index in [0.717, 1.165) is 22.4 Å². The average molecular weight is 470 g/mol. The van der Waals surface area contributed by atoms with Crippen LogP contribution in [-0.4, -0.2) is 43.5 Å². The van der Waals surface area contributed by atoms with Gasteiger partial charge in [0.15, 0.2) is 11.5 Å². The van der Waals surface area contributed by atoms with E-state index in [1.165, 1.54) is 0 Å². The highest BCUT2D eigenvalue weighted by Crippen LogP contribution is 2.32. The van der Waals surface area contributed by atoms with E-state index in [1.807, 2.05) is 91.8 Å². The molecule has 3 aromatic carbocycles. The number of aromatic amines is 1. The minimum atomic E-state index is -0.389. The summed E-state index contributed by atoms with van der Waals surface area (Å²) in [6.45, 7) is 0.434. The number of nitrogens with one attached hydrogen (secondary N) is 2. The molecule has 2 N–H and O–H groups in total. The van der Waals surface area contributed by atoms with Crippen molar-refractivity contribution in [2.24, 2.45) is 5.10 Å². The summed E-state index contributed by atoms with van der Waals surface area (Å²) in [6.07, 6.45) is 1.59. The van der Waals surface area contributed by atoms with E-state index in [9.17, 15) is 4.79 Å². The number of hydrazone groups is 1. The van der Waals surface area contributed by atoms with Crippen LogP contribution >= 0.6 is 0 Å². The van der Waals surface area contributed by atoms with Crippen molar-refractivity contribution in [3.8, 4) is 22.8 Å². The van der Waals surface area contributed by atoms with Gasteiger partial charge in [-0.05, 0) is 47.5 Å². The maximum atomic E-state index is 12.5. The van der Waals surface area contributed by atoms with Gasteiger partial charge in [-0.3, -0.25) is 9.89 Å². The first-order valence-electron chi connectivity index (χ1n) is 11.0. The highest BCUT2D eigenvalue weighted by Gasteiger charge is 2.13. The molecule has 0 radical (unpaired) electrons. The molecular weight excluding hydrogens is 442 g/mol. The molecule has 0 saturated heterocycles. The van der Waals surface area contributed by atoms with E-state index in [-0.39, 0.29) is 5.91 Å². The summed E-state index contributed by atoms with van der Waals surface area (Å²) in [7, 11) is 5.54. The molecule has 4 aromatic rings. The summed E-state index contributed by atoms with van der Waals surface area (Å²) in [6, 6.07) is 24.9. The van der Waals surface area contributed by atoms with Gasteiger partial charge in [0.25, 0.3) is 5.91 Å². The first-order valence-corrected chi connectivity index (χ1v) is 11.0. The summed E-state index contributed by atoms with van der Waals surface area (Å²) >= 11 is 0. The first kappa shape index (κ1) is 23.6. The van der Waals surface area contributed by atoms with Crippen LogP contribution in [0.15, 0.2) is 84.0 Å². The van der Waals surface area contributed by atoms with Crippen molar-refractivity contribution in [2.75, 3.05) is 26.1 Å². The number of carbonyl (C=O) groups is 1. The topological polar surface area (TPSA) is 91.8 Å². The zero-order valence-corrected chi connectivity index (χ0v) is 19.9. The molecule has 0 bridgehead atoms. The Morgan fingerprint density at radius 1 is 1.03 bits per heavy atom. The lowest BCUT2D eigenvalue weighted by atomic mass is 10.1. The smallest absolute Gasteiger partial charge is 0.289 e. The fraction of sp³-hybridized carbons (Fsp3) is 0.148. The molecule has 0 aliphatic rings. The molecule has 178 valence electrons. The molecule has 0 spiro atoms.